The number of hydrogen-bond acceptors (Lipinski definition) is 2. The van der Waals surface area contributed by atoms with E-state index in [2.05, 4.69) is 153 Å². The first-order chi connectivity index (χ1) is 25.0. The first kappa shape index (κ1) is 30.1. The number of rotatable bonds is 4. The molecule has 0 saturated carbocycles. The first-order valence-corrected chi connectivity index (χ1v) is 19.2. The Bertz CT molecular complexity index is 2710. The summed E-state index contributed by atoms with van der Waals surface area (Å²) >= 11 is 0. The average molecular weight is 675 g/mol. The van der Waals surface area contributed by atoms with Crippen LogP contribution in [0.25, 0.3) is 60.5 Å². The van der Waals surface area contributed by atoms with E-state index in [-0.39, 0.29) is 11.8 Å². The van der Waals surface area contributed by atoms with Gasteiger partial charge in [-0.15, -0.1) is 0 Å². The lowest BCUT2D eigenvalue weighted by molar-refractivity contribution is 0.589. The monoisotopic (exact) mass is 674 g/mol. The lowest BCUT2D eigenvalue weighted by atomic mass is 9.80. The van der Waals surface area contributed by atoms with Gasteiger partial charge in [0, 0.05) is 5.92 Å². The van der Waals surface area contributed by atoms with Crippen LogP contribution in [0, 0.1) is 5.92 Å². The molecule has 0 N–H and O–H groups in total. The van der Waals surface area contributed by atoms with Crippen molar-refractivity contribution in [1.29, 1.82) is 0 Å². The number of benzene rings is 7. The Morgan fingerprint density at radius 1 is 0.529 bits per heavy atom. The van der Waals surface area contributed by atoms with Crippen LogP contribution in [0.3, 0.4) is 0 Å². The van der Waals surface area contributed by atoms with E-state index in [4.69, 9.17) is 0 Å². The number of sulfone groups is 1. The normalized spacial score (nSPS) is 18.7. The van der Waals surface area contributed by atoms with Crippen LogP contribution < -0.4 is 0 Å². The van der Waals surface area contributed by atoms with Gasteiger partial charge in [-0.3, -0.25) is 0 Å². The second-order valence-electron chi connectivity index (χ2n) is 14.1. The fraction of sp³-hybridized carbons (Fsp3) is 0.0833. The van der Waals surface area contributed by atoms with Gasteiger partial charge >= 0.3 is 0 Å². The molecule has 0 bridgehead atoms. The highest BCUT2D eigenvalue weighted by atomic mass is 32.2. The van der Waals surface area contributed by atoms with E-state index in [0.29, 0.717) is 16.2 Å². The van der Waals surface area contributed by atoms with Gasteiger partial charge in [-0.1, -0.05) is 165 Å². The van der Waals surface area contributed by atoms with Gasteiger partial charge in [-0.05, 0) is 101 Å². The largest absolute Gasteiger partial charge is 0.219 e. The maximum absolute atomic E-state index is 14.7. The molecule has 0 aromatic heterocycles. The molecular weight excluding hydrogens is 641 g/mol. The van der Waals surface area contributed by atoms with Crippen molar-refractivity contribution < 1.29 is 8.42 Å². The zero-order valence-electron chi connectivity index (χ0n) is 28.2. The highest BCUT2D eigenvalue weighted by molar-refractivity contribution is 7.95. The third-order valence-corrected chi connectivity index (χ3v) is 13.0. The number of hydrogen-bond donors (Lipinski definition) is 0. The lowest BCUT2D eigenvalue weighted by Crippen LogP contribution is -2.23. The van der Waals surface area contributed by atoms with Crippen molar-refractivity contribution in [3.63, 3.8) is 0 Å². The number of fused-ring (bicyclic) bond motifs is 4. The summed E-state index contributed by atoms with van der Waals surface area (Å²) in [5.41, 5.74) is 11.9. The second kappa shape index (κ2) is 11.4. The van der Waals surface area contributed by atoms with Crippen LogP contribution >= 0.6 is 0 Å². The van der Waals surface area contributed by atoms with Crippen molar-refractivity contribution in [1.82, 2.24) is 0 Å². The summed E-state index contributed by atoms with van der Waals surface area (Å²) in [7, 11) is -3.72. The van der Waals surface area contributed by atoms with E-state index < -0.39 is 9.84 Å². The summed E-state index contributed by atoms with van der Waals surface area (Å²) in [5, 5.41) is 4.50. The Kier molecular flexibility index (Phi) is 6.71. The van der Waals surface area contributed by atoms with Crippen molar-refractivity contribution >= 4 is 37.0 Å². The summed E-state index contributed by atoms with van der Waals surface area (Å²) in [4.78, 5) is 1.03. The minimum absolute atomic E-state index is 0.108. The van der Waals surface area contributed by atoms with Crippen molar-refractivity contribution in [3.05, 3.63) is 191 Å². The predicted molar refractivity (Wildman–Crippen MR) is 211 cm³/mol. The predicted octanol–water partition coefficient (Wildman–Crippen LogP) is 12.2. The molecule has 2 aliphatic carbocycles. The fourth-order valence-corrected chi connectivity index (χ4v) is 10.9. The summed E-state index contributed by atoms with van der Waals surface area (Å²) in [6, 6.07) is 53.1. The van der Waals surface area contributed by atoms with Crippen LogP contribution in [-0.4, -0.2) is 8.42 Å². The van der Waals surface area contributed by atoms with Crippen LogP contribution in [0.15, 0.2) is 185 Å². The molecule has 2 unspecified atom stereocenters. The number of allylic oxidation sites excluding steroid dienone is 6. The minimum atomic E-state index is -3.72. The summed E-state index contributed by atoms with van der Waals surface area (Å²) in [6.45, 7) is 2.12. The van der Waals surface area contributed by atoms with Gasteiger partial charge in [-0.2, -0.15) is 0 Å². The molecule has 3 aliphatic rings. The Labute approximate surface area is 298 Å². The van der Waals surface area contributed by atoms with E-state index >= 15 is 0 Å². The minimum Gasteiger partial charge on any atom is -0.219 e. The van der Waals surface area contributed by atoms with E-state index in [0.717, 1.165) is 60.5 Å². The fourth-order valence-electron chi connectivity index (χ4n) is 8.84. The van der Waals surface area contributed by atoms with Gasteiger partial charge in [0.25, 0.3) is 0 Å². The topological polar surface area (TPSA) is 34.1 Å². The summed E-state index contributed by atoms with van der Waals surface area (Å²) in [6.07, 6.45) is 5.02. The molecule has 2 atom stereocenters. The SMILES string of the molecule is CC1C=C2C=C(c3ccccc3)C3C2=C(C1)S(=O)(=O)c1cc(-c2c4ccccc4c(-c4ccc(-c5ccccc5)cc4)c4ccccc24)ccc13. The summed E-state index contributed by atoms with van der Waals surface area (Å²) in [5.74, 6) is 0.0379. The molecule has 1 aliphatic heterocycles. The van der Waals surface area contributed by atoms with Crippen molar-refractivity contribution in [2.75, 3.05) is 0 Å². The van der Waals surface area contributed by atoms with Gasteiger partial charge in [0.05, 0.1) is 9.80 Å². The van der Waals surface area contributed by atoms with E-state index in [1.165, 1.54) is 22.3 Å². The molecular formula is C48H34O2S. The highest BCUT2D eigenvalue weighted by Gasteiger charge is 2.45. The third kappa shape index (κ3) is 4.58. The molecule has 1 heterocycles. The Hall–Kier alpha value is -5.77. The van der Waals surface area contributed by atoms with Gasteiger partial charge < -0.3 is 0 Å². The Morgan fingerprint density at radius 2 is 1.02 bits per heavy atom. The van der Waals surface area contributed by atoms with Crippen molar-refractivity contribution in [2.45, 2.75) is 24.2 Å². The molecule has 0 spiro atoms. The standard InChI is InChI=1S/C48H34O2S/c1-30-26-36-28-42(33-14-6-3-7-15-33)48-41-25-24-35(29-43(41)51(49,50)44(27-30)47(36)48)46-39-18-10-8-16-37(39)45(38-17-9-11-19-40(38)46)34-22-20-32(21-23-34)31-12-4-2-5-13-31/h2-26,28-30,48H,27H2,1H3. The van der Waals surface area contributed by atoms with E-state index in [9.17, 15) is 8.42 Å². The summed E-state index contributed by atoms with van der Waals surface area (Å²) < 4.78 is 29.4. The van der Waals surface area contributed by atoms with Gasteiger partial charge in [0.15, 0.2) is 0 Å². The first-order valence-electron chi connectivity index (χ1n) is 17.7. The van der Waals surface area contributed by atoms with Crippen LogP contribution in [0.1, 0.15) is 30.4 Å². The second-order valence-corrected chi connectivity index (χ2v) is 16.0. The molecule has 7 aromatic carbocycles. The molecule has 0 amide bonds. The lowest BCUT2D eigenvalue weighted by Gasteiger charge is -2.32. The highest BCUT2D eigenvalue weighted by Crippen LogP contribution is 2.58. The maximum atomic E-state index is 14.7. The zero-order valence-corrected chi connectivity index (χ0v) is 29.0. The van der Waals surface area contributed by atoms with Crippen LogP contribution in [0.5, 0.6) is 0 Å². The molecule has 2 nitrogen and oxygen atoms in total. The Morgan fingerprint density at radius 3 is 1.63 bits per heavy atom. The smallest absolute Gasteiger partial charge is 0.203 e. The van der Waals surface area contributed by atoms with Gasteiger partial charge in [0.1, 0.15) is 0 Å². The molecule has 51 heavy (non-hydrogen) atoms. The molecule has 3 heteroatoms. The van der Waals surface area contributed by atoms with Crippen molar-refractivity contribution in [3.8, 4) is 33.4 Å². The molecule has 244 valence electrons. The molecule has 0 fully saturated rings. The van der Waals surface area contributed by atoms with Crippen LogP contribution in [0.4, 0.5) is 0 Å². The maximum Gasteiger partial charge on any atom is 0.203 e. The molecule has 0 radical (unpaired) electrons. The van der Waals surface area contributed by atoms with Gasteiger partial charge in [-0.25, -0.2) is 8.42 Å². The molecule has 0 saturated heterocycles. The van der Waals surface area contributed by atoms with Crippen LogP contribution in [0.2, 0.25) is 0 Å². The average Bonchev–Trinajstić information content (AvgIpc) is 3.56. The van der Waals surface area contributed by atoms with Gasteiger partial charge in [0.2, 0.25) is 9.84 Å². The van der Waals surface area contributed by atoms with Crippen molar-refractivity contribution in [2.24, 2.45) is 5.92 Å². The quantitative estimate of drug-likeness (QED) is 0.174. The third-order valence-electron chi connectivity index (χ3n) is 11.0. The van der Waals surface area contributed by atoms with E-state index in [1.807, 2.05) is 18.2 Å². The molecule has 7 aromatic rings. The van der Waals surface area contributed by atoms with E-state index in [1.54, 1.807) is 0 Å². The molecule has 10 rings (SSSR count). The zero-order chi connectivity index (χ0) is 34.3. The van der Waals surface area contributed by atoms with Crippen LogP contribution in [-0.2, 0) is 9.84 Å². The Balaban J connectivity index is 1.19.